The summed E-state index contributed by atoms with van der Waals surface area (Å²) in [6.45, 7) is 0. The molecule has 10 nitrogen and oxygen atoms in total. The van der Waals surface area contributed by atoms with Crippen LogP contribution in [-0.2, 0) is 9.59 Å². The molecular weight excluding hydrogens is 537 g/mol. The van der Waals surface area contributed by atoms with Crippen LogP contribution < -0.4 is 16.0 Å². The van der Waals surface area contributed by atoms with Crippen molar-refractivity contribution in [3.63, 3.8) is 0 Å². The van der Waals surface area contributed by atoms with Gasteiger partial charge < -0.3 is 25.4 Å². The van der Waals surface area contributed by atoms with Crippen LogP contribution in [0.25, 0.3) is 11.0 Å². The van der Waals surface area contributed by atoms with Gasteiger partial charge in [0.1, 0.15) is 22.6 Å². The second-order valence-electron chi connectivity index (χ2n) is 11.2. The van der Waals surface area contributed by atoms with Crippen LogP contribution in [0.4, 0.5) is 27.4 Å². The van der Waals surface area contributed by atoms with Crippen molar-refractivity contribution in [2.75, 3.05) is 30.0 Å². The smallest absolute Gasteiger partial charge is 0.270 e. The quantitative estimate of drug-likeness (QED) is 0.241. The van der Waals surface area contributed by atoms with Gasteiger partial charge in [0, 0.05) is 48.8 Å². The highest BCUT2D eigenvalue weighted by Gasteiger charge is 2.56. The van der Waals surface area contributed by atoms with E-state index in [9.17, 15) is 18.8 Å². The summed E-state index contributed by atoms with van der Waals surface area (Å²) in [5, 5.41) is 9.50. The largest absolute Gasteiger partial charge is 0.343 e. The van der Waals surface area contributed by atoms with Crippen molar-refractivity contribution in [2.45, 2.75) is 44.6 Å². The molecule has 2 fully saturated rings. The van der Waals surface area contributed by atoms with Crippen molar-refractivity contribution < 1.29 is 18.8 Å². The van der Waals surface area contributed by atoms with Gasteiger partial charge in [-0.2, -0.15) is 4.98 Å². The molecule has 2 heterocycles. The second kappa shape index (κ2) is 10.9. The Kier molecular flexibility index (Phi) is 7.09. The van der Waals surface area contributed by atoms with Gasteiger partial charge in [-0.15, -0.1) is 0 Å². The summed E-state index contributed by atoms with van der Waals surface area (Å²) in [5.74, 6) is -0.984. The Labute approximate surface area is 242 Å². The lowest BCUT2D eigenvalue weighted by Gasteiger charge is -2.19. The van der Waals surface area contributed by atoms with E-state index in [2.05, 4.69) is 25.5 Å². The minimum Gasteiger partial charge on any atom is -0.343 e. The topological polar surface area (TPSA) is 121 Å². The van der Waals surface area contributed by atoms with E-state index in [0.717, 1.165) is 36.7 Å². The number of fused-ring (bicyclic) bond motifs is 1. The van der Waals surface area contributed by atoms with Crippen LogP contribution in [0.3, 0.4) is 0 Å². The summed E-state index contributed by atoms with van der Waals surface area (Å²) in [6.07, 6.45) is 6.82. The van der Waals surface area contributed by atoms with Crippen LogP contribution in [0.5, 0.6) is 0 Å². The number of amides is 3. The molecule has 3 N–H and O–H groups in total. The highest BCUT2D eigenvalue weighted by Crippen LogP contribution is 2.47. The first-order chi connectivity index (χ1) is 20.2. The summed E-state index contributed by atoms with van der Waals surface area (Å²) < 4.78 is 15.6. The van der Waals surface area contributed by atoms with Crippen molar-refractivity contribution in [2.24, 2.45) is 5.41 Å². The summed E-state index contributed by atoms with van der Waals surface area (Å²) in [4.78, 5) is 49.6. The van der Waals surface area contributed by atoms with Crippen LogP contribution in [0.2, 0.25) is 0 Å². The van der Waals surface area contributed by atoms with E-state index in [1.54, 1.807) is 55.5 Å². The van der Waals surface area contributed by atoms with Gasteiger partial charge in [-0.3, -0.25) is 14.4 Å². The van der Waals surface area contributed by atoms with Crippen LogP contribution in [0.1, 0.15) is 55.1 Å². The normalized spacial score (nSPS) is 15.8. The van der Waals surface area contributed by atoms with E-state index in [-0.39, 0.29) is 11.9 Å². The number of benzene rings is 2. The molecule has 0 spiro atoms. The molecule has 0 bridgehead atoms. The van der Waals surface area contributed by atoms with Gasteiger partial charge in [-0.25, -0.2) is 9.37 Å². The molecule has 0 atom stereocenters. The highest BCUT2D eigenvalue weighted by molar-refractivity contribution is 6.17. The first kappa shape index (κ1) is 27.4. The minimum atomic E-state index is -1.17. The molecule has 11 heteroatoms. The zero-order chi connectivity index (χ0) is 29.4. The maximum atomic E-state index is 13.5. The summed E-state index contributed by atoms with van der Waals surface area (Å²) >= 11 is 0. The third kappa shape index (κ3) is 5.29. The lowest BCUT2D eigenvalue weighted by molar-refractivity contribution is -0.131. The zero-order valence-electron chi connectivity index (χ0n) is 23.5. The van der Waals surface area contributed by atoms with Gasteiger partial charge in [-0.05, 0) is 74.2 Å². The number of rotatable bonds is 8. The average Bonchev–Trinajstić information content (AvgIpc) is 3.45. The lowest BCUT2D eigenvalue weighted by Crippen LogP contribution is -2.35. The van der Waals surface area contributed by atoms with E-state index < -0.39 is 23.0 Å². The first-order valence-corrected chi connectivity index (χ1v) is 14.1. The average molecular weight is 570 g/mol. The highest BCUT2D eigenvalue weighted by atomic mass is 19.1. The predicted octanol–water partition coefficient (Wildman–Crippen LogP) is 5.49. The van der Waals surface area contributed by atoms with Gasteiger partial charge in [0.2, 0.25) is 17.8 Å². The molecule has 2 aliphatic carbocycles. The Balaban J connectivity index is 1.15. The maximum absolute atomic E-state index is 13.5. The predicted molar refractivity (Wildman–Crippen MR) is 158 cm³/mol. The molecule has 42 heavy (non-hydrogen) atoms. The fourth-order valence-electron chi connectivity index (χ4n) is 5.51. The molecular formula is C31H32FN7O3. The number of carbonyl (C=O) groups is 3. The first-order valence-electron chi connectivity index (χ1n) is 14.1. The van der Waals surface area contributed by atoms with Crippen molar-refractivity contribution in [3.05, 3.63) is 72.3 Å². The second-order valence-corrected chi connectivity index (χ2v) is 11.2. The third-order valence-electron chi connectivity index (χ3n) is 7.99. The van der Waals surface area contributed by atoms with Crippen LogP contribution in [0.15, 0.2) is 60.8 Å². The molecule has 216 valence electrons. The number of aromatic nitrogens is 3. The SMILES string of the molecule is CN(C)C(=O)c1cc2cnc(Nc3ccc(NC(=O)C4(C(=O)Nc5cccc(F)c5)CC4)cc3)nc2n1C1CCCC1. The molecule has 2 aromatic carbocycles. The molecule has 0 radical (unpaired) electrons. The number of carbonyl (C=O) groups excluding carboxylic acids is 3. The maximum Gasteiger partial charge on any atom is 0.270 e. The zero-order valence-corrected chi connectivity index (χ0v) is 23.5. The van der Waals surface area contributed by atoms with Crippen molar-refractivity contribution in [1.29, 1.82) is 0 Å². The van der Waals surface area contributed by atoms with E-state index in [0.29, 0.717) is 41.5 Å². The molecule has 4 aromatic rings. The molecule has 0 unspecified atom stereocenters. The number of nitrogens with zero attached hydrogens (tertiary/aromatic N) is 4. The molecule has 0 saturated heterocycles. The summed E-state index contributed by atoms with van der Waals surface area (Å²) in [7, 11) is 3.49. The number of hydrogen-bond acceptors (Lipinski definition) is 6. The van der Waals surface area contributed by atoms with Crippen LogP contribution in [-0.4, -0.2) is 51.3 Å². The van der Waals surface area contributed by atoms with Crippen LogP contribution >= 0.6 is 0 Å². The van der Waals surface area contributed by atoms with Crippen molar-refractivity contribution in [1.82, 2.24) is 19.4 Å². The number of hydrogen-bond donors (Lipinski definition) is 3. The van der Waals surface area contributed by atoms with Gasteiger partial charge in [0.05, 0.1) is 0 Å². The van der Waals surface area contributed by atoms with E-state index in [1.165, 1.54) is 18.2 Å². The monoisotopic (exact) mass is 569 g/mol. The third-order valence-corrected chi connectivity index (χ3v) is 7.99. The molecule has 6 rings (SSSR count). The Morgan fingerprint density at radius 2 is 1.60 bits per heavy atom. The fourth-order valence-corrected chi connectivity index (χ4v) is 5.51. The molecule has 0 aliphatic heterocycles. The molecule has 2 aromatic heterocycles. The van der Waals surface area contributed by atoms with Gasteiger partial charge in [0.25, 0.3) is 5.91 Å². The van der Waals surface area contributed by atoms with Gasteiger partial charge in [-0.1, -0.05) is 18.9 Å². The summed E-state index contributed by atoms with van der Waals surface area (Å²) in [5.41, 5.74) is 1.72. The summed E-state index contributed by atoms with van der Waals surface area (Å²) in [6, 6.07) is 14.7. The lowest BCUT2D eigenvalue weighted by atomic mass is 10.0. The van der Waals surface area contributed by atoms with Crippen molar-refractivity contribution in [3.8, 4) is 0 Å². The van der Waals surface area contributed by atoms with E-state index >= 15 is 0 Å². The molecule has 2 saturated carbocycles. The van der Waals surface area contributed by atoms with E-state index in [4.69, 9.17) is 4.98 Å². The Morgan fingerprint density at radius 3 is 2.24 bits per heavy atom. The van der Waals surface area contributed by atoms with E-state index in [1.807, 2.05) is 6.07 Å². The Morgan fingerprint density at radius 1 is 0.929 bits per heavy atom. The number of halogens is 1. The Hall–Kier alpha value is -4.80. The standard InChI is InChI=1S/C31H32FN7O3/c1-38(2)27(40)25-16-19-18-33-30(37-26(19)39(25)24-8-3-4-9-24)36-22-12-10-21(11-13-22)34-28(41)31(14-15-31)29(42)35-23-7-5-6-20(32)17-23/h5-7,10-13,16-18,24H,3-4,8-9,14-15H2,1-2H3,(H,34,41)(H,35,42)(H,33,36,37). The Bertz CT molecular complexity index is 1670. The number of anilines is 4. The van der Waals surface area contributed by atoms with Crippen LogP contribution in [0, 0.1) is 11.2 Å². The number of nitrogens with one attached hydrogen (secondary N) is 3. The molecule has 3 amide bonds. The molecule has 2 aliphatic rings. The van der Waals surface area contributed by atoms with Gasteiger partial charge in [0.15, 0.2) is 0 Å². The fraction of sp³-hybridized carbons (Fsp3) is 0.323. The van der Waals surface area contributed by atoms with Crippen molar-refractivity contribution >= 4 is 51.8 Å². The van der Waals surface area contributed by atoms with Gasteiger partial charge >= 0.3 is 0 Å². The minimum absolute atomic E-state index is 0.0635.